The topological polar surface area (TPSA) is 48.1 Å². The lowest BCUT2D eigenvalue weighted by Gasteiger charge is -2.33. The number of likely N-dealkylation sites (N-methyl/N-ethyl adjacent to an activating group) is 2. The molecule has 0 spiro atoms. The third kappa shape index (κ3) is 4.90. The van der Waals surface area contributed by atoms with E-state index in [4.69, 9.17) is 28.0 Å². The molecule has 0 radical (unpaired) electrons. The maximum atomic E-state index is 12.2. The van der Waals surface area contributed by atoms with Crippen LogP contribution in [-0.4, -0.2) is 67.8 Å². The van der Waals surface area contributed by atoms with Gasteiger partial charge in [0.05, 0.1) is 0 Å². The van der Waals surface area contributed by atoms with Crippen molar-refractivity contribution >= 4 is 35.0 Å². The molecular formula is C22H26Cl2N4O2. The van der Waals surface area contributed by atoms with E-state index in [1.807, 2.05) is 30.3 Å². The highest BCUT2D eigenvalue weighted by atomic mass is 35.5. The summed E-state index contributed by atoms with van der Waals surface area (Å²) in [6.07, 6.45) is -0.464. The van der Waals surface area contributed by atoms with E-state index < -0.39 is 6.09 Å². The fourth-order valence-corrected chi connectivity index (χ4v) is 4.64. The molecule has 1 saturated heterocycles. The second-order valence-corrected chi connectivity index (χ2v) is 8.91. The van der Waals surface area contributed by atoms with Gasteiger partial charge in [-0.25, -0.2) is 4.79 Å². The number of nitrogens with one attached hydrogen (secondary N) is 1. The maximum Gasteiger partial charge on any atom is 0.430 e. The summed E-state index contributed by atoms with van der Waals surface area (Å²) in [6.45, 7) is 4.87. The van der Waals surface area contributed by atoms with Crippen molar-refractivity contribution in [3.8, 4) is 0 Å². The number of amides is 1. The zero-order valence-electron chi connectivity index (χ0n) is 17.2. The van der Waals surface area contributed by atoms with Crippen LogP contribution >= 0.6 is 23.2 Å². The Hall–Kier alpha value is -1.83. The predicted molar refractivity (Wildman–Crippen MR) is 120 cm³/mol. The fraction of sp³-hybridized carbons (Fsp3) is 0.409. The van der Waals surface area contributed by atoms with Gasteiger partial charge in [0.15, 0.2) is 0 Å². The third-order valence-electron chi connectivity index (χ3n) is 5.73. The molecular weight excluding hydrogens is 423 g/mol. The van der Waals surface area contributed by atoms with Crippen LogP contribution in [0, 0.1) is 0 Å². The molecule has 2 heterocycles. The molecule has 1 fully saturated rings. The minimum Gasteiger partial charge on any atom is -0.351 e. The number of nitrogens with zero attached hydrogens (tertiary/aromatic N) is 3. The van der Waals surface area contributed by atoms with Gasteiger partial charge in [0.1, 0.15) is 0 Å². The van der Waals surface area contributed by atoms with Gasteiger partial charge in [0, 0.05) is 60.9 Å². The first-order valence-electron chi connectivity index (χ1n) is 10.1. The minimum absolute atomic E-state index is 0.168. The first kappa shape index (κ1) is 21.4. The zero-order valence-corrected chi connectivity index (χ0v) is 18.7. The minimum atomic E-state index is -0.464. The molecule has 30 heavy (non-hydrogen) atoms. The van der Waals surface area contributed by atoms with E-state index in [1.54, 1.807) is 11.1 Å². The van der Waals surface area contributed by atoms with Crippen molar-refractivity contribution in [1.82, 2.24) is 14.9 Å². The number of hydrogen-bond acceptors (Lipinski definition) is 5. The van der Waals surface area contributed by atoms with Crippen LogP contribution < -0.4 is 5.32 Å². The molecule has 1 atom stereocenters. The molecule has 8 heteroatoms. The van der Waals surface area contributed by atoms with Crippen LogP contribution in [0.4, 0.5) is 10.5 Å². The molecule has 0 bridgehead atoms. The zero-order chi connectivity index (χ0) is 21.3. The van der Waals surface area contributed by atoms with Gasteiger partial charge in [0.2, 0.25) is 0 Å². The summed E-state index contributed by atoms with van der Waals surface area (Å²) >= 11 is 12.7. The second-order valence-electron chi connectivity index (χ2n) is 8.06. The van der Waals surface area contributed by atoms with E-state index in [-0.39, 0.29) is 5.92 Å². The fourth-order valence-electron chi connectivity index (χ4n) is 4.07. The van der Waals surface area contributed by atoms with Crippen molar-refractivity contribution in [2.45, 2.75) is 12.5 Å². The van der Waals surface area contributed by atoms with Crippen LogP contribution in [0.15, 0.2) is 36.4 Å². The SMILES string of the molecule is CN1CCN(OC(=O)Nc2ccc(C3CN(C)Cc4c(Cl)cc(Cl)cc43)cc2)CC1. The van der Waals surface area contributed by atoms with Gasteiger partial charge in [-0.3, -0.25) is 5.32 Å². The quantitative estimate of drug-likeness (QED) is 0.758. The predicted octanol–water partition coefficient (Wildman–Crippen LogP) is 4.28. The van der Waals surface area contributed by atoms with Gasteiger partial charge >= 0.3 is 6.09 Å². The van der Waals surface area contributed by atoms with E-state index in [9.17, 15) is 4.79 Å². The highest BCUT2D eigenvalue weighted by molar-refractivity contribution is 6.35. The number of fused-ring (bicyclic) bond motifs is 1. The molecule has 1 unspecified atom stereocenters. The van der Waals surface area contributed by atoms with Crippen molar-refractivity contribution in [3.63, 3.8) is 0 Å². The van der Waals surface area contributed by atoms with Gasteiger partial charge in [-0.1, -0.05) is 35.3 Å². The molecule has 2 aliphatic heterocycles. The number of hydrogen-bond donors (Lipinski definition) is 1. The second kappa shape index (κ2) is 9.12. The standard InChI is InChI=1S/C22H26Cl2N4O2/c1-26-7-9-28(10-8-26)30-22(29)25-17-5-3-15(4-6-17)19-13-27(2)14-20-18(19)11-16(23)12-21(20)24/h3-6,11-12,19H,7-10,13-14H2,1-2H3,(H,25,29). The lowest BCUT2D eigenvalue weighted by molar-refractivity contribution is -0.115. The Morgan fingerprint density at radius 3 is 2.43 bits per heavy atom. The summed E-state index contributed by atoms with van der Waals surface area (Å²) in [5.41, 5.74) is 4.14. The summed E-state index contributed by atoms with van der Waals surface area (Å²) in [7, 11) is 4.15. The Morgan fingerprint density at radius 2 is 1.73 bits per heavy atom. The van der Waals surface area contributed by atoms with Gasteiger partial charge in [-0.15, -0.1) is 5.06 Å². The summed E-state index contributed by atoms with van der Waals surface area (Å²) in [6, 6.07) is 11.7. The lowest BCUT2D eigenvalue weighted by atomic mass is 9.85. The highest BCUT2D eigenvalue weighted by Crippen LogP contribution is 2.38. The van der Waals surface area contributed by atoms with Crippen LogP contribution in [0.3, 0.4) is 0 Å². The number of carbonyl (C=O) groups is 1. The van der Waals surface area contributed by atoms with Crippen LogP contribution in [0.2, 0.25) is 10.0 Å². The highest BCUT2D eigenvalue weighted by Gasteiger charge is 2.27. The van der Waals surface area contributed by atoms with E-state index >= 15 is 0 Å². The third-order valence-corrected chi connectivity index (χ3v) is 6.28. The Balaban J connectivity index is 1.45. The average molecular weight is 449 g/mol. The monoisotopic (exact) mass is 448 g/mol. The van der Waals surface area contributed by atoms with Crippen molar-refractivity contribution in [2.75, 3.05) is 52.1 Å². The largest absolute Gasteiger partial charge is 0.430 e. The average Bonchev–Trinajstić information content (AvgIpc) is 2.70. The number of hydroxylamine groups is 2. The molecule has 6 nitrogen and oxygen atoms in total. The van der Waals surface area contributed by atoms with Crippen molar-refractivity contribution in [1.29, 1.82) is 0 Å². The first-order chi connectivity index (χ1) is 14.4. The normalized spacial score (nSPS) is 20.6. The number of halogens is 2. The Labute approximate surface area is 187 Å². The van der Waals surface area contributed by atoms with Crippen molar-refractivity contribution in [2.24, 2.45) is 0 Å². The van der Waals surface area contributed by atoms with E-state index in [2.05, 4.69) is 29.2 Å². The number of carbonyl (C=O) groups excluding carboxylic acids is 1. The van der Waals surface area contributed by atoms with Crippen molar-refractivity contribution < 1.29 is 9.63 Å². The Bertz CT molecular complexity index is 914. The van der Waals surface area contributed by atoms with Crippen molar-refractivity contribution in [3.05, 3.63) is 63.1 Å². The van der Waals surface area contributed by atoms with Crippen LogP contribution in [0.1, 0.15) is 22.6 Å². The number of piperazine rings is 1. The lowest BCUT2D eigenvalue weighted by Crippen LogP contribution is -2.45. The van der Waals surface area contributed by atoms with Gasteiger partial charge in [-0.2, -0.15) is 0 Å². The maximum absolute atomic E-state index is 12.2. The molecule has 1 amide bonds. The Morgan fingerprint density at radius 1 is 1.03 bits per heavy atom. The molecule has 160 valence electrons. The van der Waals surface area contributed by atoms with E-state index in [1.165, 1.54) is 5.56 Å². The summed E-state index contributed by atoms with van der Waals surface area (Å²) in [5, 5.41) is 5.87. The summed E-state index contributed by atoms with van der Waals surface area (Å²) < 4.78 is 0. The molecule has 2 aromatic carbocycles. The molecule has 0 aromatic heterocycles. The number of anilines is 1. The summed E-state index contributed by atoms with van der Waals surface area (Å²) in [5.74, 6) is 0.168. The molecule has 0 aliphatic carbocycles. The van der Waals surface area contributed by atoms with Crippen LogP contribution in [0.5, 0.6) is 0 Å². The Kier molecular flexibility index (Phi) is 6.51. The first-order valence-corrected chi connectivity index (χ1v) is 10.8. The van der Waals surface area contributed by atoms with E-state index in [0.717, 1.165) is 37.3 Å². The molecule has 2 aromatic rings. The van der Waals surface area contributed by atoms with E-state index in [0.29, 0.717) is 28.8 Å². The number of rotatable bonds is 3. The van der Waals surface area contributed by atoms with Gasteiger partial charge in [0.25, 0.3) is 0 Å². The smallest absolute Gasteiger partial charge is 0.351 e. The van der Waals surface area contributed by atoms with Crippen LogP contribution in [0.25, 0.3) is 0 Å². The van der Waals surface area contributed by atoms with Crippen LogP contribution in [-0.2, 0) is 11.4 Å². The van der Waals surface area contributed by atoms with Gasteiger partial charge < -0.3 is 14.6 Å². The molecule has 4 rings (SSSR count). The number of benzene rings is 2. The van der Waals surface area contributed by atoms with Gasteiger partial charge in [-0.05, 0) is 55.1 Å². The molecule has 0 saturated carbocycles. The molecule has 2 aliphatic rings. The molecule has 1 N–H and O–H groups in total. The summed E-state index contributed by atoms with van der Waals surface area (Å²) in [4.78, 5) is 22.1.